The van der Waals surface area contributed by atoms with E-state index < -0.39 is 20.5 Å². The summed E-state index contributed by atoms with van der Waals surface area (Å²) in [7, 11) is -3.68. The minimum Gasteiger partial charge on any atom is -0.330 e. The van der Waals surface area contributed by atoms with Crippen molar-refractivity contribution >= 4 is 21.4 Å². The van der Waals surface area contributed by atoms with Crippen molar-refractivity contribution in [1.29, 1.82) is 0 Å². The van der Waals surface area contributed by atoms with Crippen molar-refractivity contribution in [3.8, 4) is 0 Å². The standard InChI is InChI=1S/C14H19ClFNO2S/c1-20(18,19)13-11(15)7-10(8-12(13)16)14(9-17)5-3-2-4-6-14/h7-8H,2-6,9,17H2,1H3. The lowest BCUT2D eigenvalue weighted by atomic mass is 9.69. The molecule has 20 heavy (non-hydrogen) atoms. The van der Waals surface area contributed by atoms with Crippen LogP contribution in [0.15, 0.2) is 17.0 Å². The molecular formula is C14H19ClFNO2S. The van der Waals surface area contributed by atoms with Gasteiger partial charge in [0.15, 0.2) is 9.84 Å². The molecule has 0 aliphatic heterocycles. The Balaban J connectivity index is 2.54. The molecule has 3 nitrogen and oxygen atoms in total. The molecule has 0 heterocycles. The van der Waals surface area contributed by atoms with E-state index in [0.717, 1.165) is 43.9 Å². The normalized spacial score (nSPS) is 19.0. The molecule has 2 N–H and O–H groups in total. The molecule has 0 amide bonds. The van der Waals surface area contributed by atoms with Crippen LogP contribution in [0.2, 0.25) is 5.02 Å². The average molecular weight is 320 g/mol. The van der Waals surface area contributed by atoms with Gasteiger partial charge in [0.25, 0.3) is 0 Å². The lowest BCUT2D eigenvalue weighted by Crippen LogP contribution is -2.37. The first-order valence-corrected chi connectivity index (χ1v) is 8.97. The summed E-state index contributed by atoms with van der Waals surface area (Å²) in [5, 5.41) is -0.0547. The van der Waals surface area contributed by atoms with E-state index in [4.69, 9.17) is 17.3 Å². The molecule has 0 spiro atoms. The fraction of sp³-hybridized carbons (Fsp3) is 0.571. The SMILES string of the molecule is CS(=O)(=O)c1c(F)cc(C2(CN)CCCCC2)cc1Cl. The predicted octanol–water partition coefficient (Wildman–Crippen LogP) is 3.04. The predicted molar refractivity (Wildman–Crippen MR) is 78.3 cm³/mol. The summed E-state index contributed by atoms with van der Waals surface area (Å²) in [5.41, 5.74) is 6.35. The van der Waals surface area contributed by atoms with Gasteiger partial charge < -0.3 is 5.73 Å². The first kappa shape index (κ1) is 15.7. The molecular weight excluding hydrogens is 301 g/mol. The van der Waals surface area contributed by atoms with E-state index in [-0.39, 0.29) is 10.4 Å². The first-order chi connectivity index (χ1) is 9.30. The maximum absolute atomic E-state index is 14.2. The van der Waals surface area contributed by atoms with Crippen molar-refractivity contribution < 1.29 is 12.8 Å². The van der Waals surface area contributed by atoms with Crippen molar-refractivity contribution in [3.63, 3.8) is 0 Å². The van der Waals surface area contributed by atoms with Crippen LogP contribution in [0.1, 0.15) is 37.7 Å². The van der Waals surface area contributed by atoms with Crippen LogP contribution in [0.25, 0.3) is 0 Å². The molecule has 0 aromatic heterocycles. The molecule has 0 bridgehead atoms. The lowest BCUT2D eigenvalue weighted by molar-refractivity contribution is 0.299. The Morgan fingerprint density at radius 3 is 2.35 bits per heavy atom. The van der Waals surface area contributed by atoms with Crippen molar-refractivity contribution in [2.75, 3.05) is 12.8 Å². The van der Waals surface area contributed by atoms with Gasteiger partial charge in [0.1, 0.15) is 10.7 Å². The second-order valence-corrected chi connectivity index (χ2v) is 7.95. The number of rotatable bonds is 3. The summed E-state index contributed by atoms with van der Waals surface area (Å²) in [4.78, 5) is -0.425. The molecule has 1 saturated carbocycles. The molecule has 2 rings (SSSR count). The molecule has 112 valence electrons. The van der Waals surface area contributed by atoms with Crippen molar-refractivity contribution in [2.45, 2.75) is 42.4 Å². The van der Waals surface area contributed by atoms with Crippen LogP contribution in [0.3, 0.4) is 0 Å². The number of hydrogen-bond acceptors (Lipinski definition) is 3. The van der Waals surface area contributed by atoms with Gasteiger partial charge in [-0.3, -0.25) is 0 Å². The summed E-state index contributed by atoms with van der Waals surface area (Å²) < 4.78 is 37.3. The third kappa shape index (κ3) is 2.85. The van der Waals surface area contributed by atoms with Crippen molar-refractivity contribution in [2.24, 2.45) is 5.73 Å². The zero-order valence-corrected chi connectivity index (χ0v) is 13.0. The van der Waals surface area contributed by atoms with Gasteiger partial charge in [0.05, 0.1) is 5.02 Å². The van der Waals surface area contributed by atoms with Crippen LogP contribution in [0.5, 0.6) is 0 Å². The van der Waals surface area contributed by atoms with E-state index in [1.54, 1.807) is 6.07 Å². The summed E-state index contributed by atoms with van der Waals surface area (Å²) in [6, 6.07) is 2.86. The van der Waals surface area contributed by atoms with E-state index in [1.807, 2.05) is 0 Å². The van der Waals surface area contributed by atoms with Gasteiger partial charge in [0.2, 0.25) is 0 Å². The number of nitrogens with two attached hydrogens (primary N) is 1. The van der Waals surface area contributed by atoms with Gasteiger partial charge >= 0.3 is 0 Å². The Hall–Kier alpha value is -0.650. The second-order valence-electron chi connectivity index (χ2n) is 5.59. The largest absolute Gasteiger partial charge is 0.330 e. The van der Waals surface area contributed by atoms with Crippen molar-refractivity contribution in [1.82, 2.24) is 0 Å². The fourth-order valence-electron chi connectivity index (χ4n) is 3.06. The second kappa shape index (κ2) is 5.62. The highest BCUT2D eigenvalue weighted by Crippen LogP contribution is 2.41. The van der Waals surface area contributed by atoms with E-state index in [0.29, 0.717) is 6.54 Å². The lowest BCUT2D eigenvalue weighted by Gasteiger charge is -2.37. The molecule has 1 aromatic rings. The Morgan fingerprint density at radius 1 is 1.30 bits per heavy atom. The molecule has 1 fully saturated rings. The van der Waals surface area contributed by atoms with Gasteiger partial charge in [0, 0.05) is 18.2 Å². The molecule has 1 aromatic carbocycles. The topological polar surface area (TPSA) is 60.2 Å². The highest BCUT2D eigenvalue weighted by Gasteiger charge is 2.34. The molecule has 6 heteroatoms. The van der Waals surface area contributed by atoms with Crippen LogP contribution < -0.4 is 5.73 Å². The van der Waals surface area contributed by atoms with Crippen LogP contribution in [0, 0.1) is 5.82 Å². The quantitative estimate of drug-likeness (QED) is 0.931. The minimum atomic E-state index is -3.68. The molecule has 1 aliphatic rings. The Labute approximate surface area is 124 Å². The zero-order chi connectivity index (χ0) is 15.0. The van der Waals surface area contributed by atoms with Gasteiger partial charge in [-0.1, -0.05) is 30.9 Å². The monoisotopic (exact) mass is 319 g/mol. The third-order valence-electron chi connectivity index (χ3n) is 4.18. The van der Waals surface area contributed by atoms with Crippen LogP contribution in [0.4, 0.5) is 4.39 Å². The Bertz CT molecular complexity index is 587. The van der Waals surface area contributed by atoms with Gasteiger partial charge in [-0.15, -0.1) is 0 Å². The number of hydrogen-bond donors (Lipinski definition) is 1. The van der Waals surface area contributed by atoms with Crippen LogP contribution >= 0.6 is 11.6 Å². The van der Waals surface area contributed by atoms with Gasteiger partial charge in [-0.05, 0) is 30.5 Å². The fourth-order valence-corrected chi connectivity index (χ4v) is 4.51. The number of benzene rings is 1. The third-order valence-corrected chi connectivity index (χ3v) is 5.75. The zero-order valence-electron chi connectivity index (χ0n) is 11.5. The summed E-state index contributed by atoms with van der Waals surface area (Å²) >= 11 is 6.00. The maximum Gasteiger partial charge on any atom is 0.179 e. The summed E-state index contributed by atoms with van der Waals surface area (Å²) in [6.45, 7) is 0.418. The molecule has 1 aliphatic carbocycles. The molecule has 0 unspecified atom stereocenters. The highest BCUT2D eigenvalue weighted by atomic mass is 35.5. The van der Waals surface area contributed by atoms with Crippen LogP contribution in [-0.2, 0) is 15.3 Å². The highest BCUT2D eigenvalue weighted by molar-refractivity contribution is 7.90. The molecule has 0 saturated heterocycles. The van der Waals surface area contributed by atoms with Gasteiger partial charge in [-0.25, -0.2) is 12.8 Å². The minimum absolute atomic E-state index is 0.0547. The van der Waals surface area contributed by atoms with E-state index in [2.05, 4.69) is 0 Å². The Morgan fingerprint density at radius 2 is 1.90 bits per heavy atom. The number of sulfone groups is 1. The summed E-state index contributed by atoms with van der Waals surface area (Å²) in [5.74, 6) is -0.784. The average Bonchev–Trinajstić information content (AvgIpc) is 2.37. The first-order valence-electron chi connectivity index (χ1n) is 6.70. The van der Waals surface area contributed by atoms with Crippen molar-refractivity contribution in [3.05, 3.63) is 28.5 Å². The number of halogens is 2. The van der Waals surface area contributed by atoms with Crippen LogP contribution in [-0.4, -0.2) is 21.2 Å². The van der Waals surface area contributed by atoms with Gasteiger partial charge in [-0.2, -0.15) is 0 Å². The molecule has 0 radical (unpaired) electrons. The van der Waals surface area contributed by atoms with E-state index >= 15 is 0 Å². The van der Waals surface area contributed by atoms with E-state index in [1.165, 1.54) is 6.07 Å². The Kier molecular flexibility index (Phi) is 4.42. The summed E-state index contributed by atoms with van der Waals surface area (Å²) in [6.07, 6.45) is 5.97. The smallest absolute Gasteiger partial charge is 0.179 e. The molecule has 0 atom stereocenters. The maximum atomic E-state index is 14.2. The van der Waals surface area contributed by atoms with E-state index in [9.17, 15) is 12.8 Å².